The second-order valence-corrected chi connectivity index (χ2v) is 4.31. The summed E-state index contributed by atoms with van der Waals surface area (Å²) in [6, 6.07) is 9.04. The normalized spacial score (nSPS) is 10.3. The average Bonchev–Trinajstić information content (AvgIpc) is 2.40. The van der Waals surface area contributed by atoms with E-state index in [0.717, 1.165) is 11.4 Å². The molecule has 0 aliphatic rings. The van der Waals surface area contributed by atoms with Gasteiger partial charge in [-0.15, -0.1) is 0 Å². The highest BCUT2D eigenvalue weighted by molar-refractivity contribution is 6.29. The first kappa shape index (κ1) is 14.4. The summed E-state index contributed by atoms with van der Waals surface area (Å²) < 4.78 is 10.4. The van der Waals surface area contributed by atoms with Crippen LogP contribution in [0, 0.1) is 0 Å². The van der Waals surface area contributed by atoms with Gasteiger partial charge >= 0.3 is 0 Å². The van der Waals surface area contributed by atoms with Gasteiger partial charge in [0.05, 0.1) is 6.61 Å². The van der Waals surface area contributed by atoms with E-state index < -0.39 is 0 Å². The molecule has 0 radical (unpaired) electrons. The molecule has 0 aliphatic heterocycles. The third-order valence-corrected chi connectivity index (χ3v) is 2.59. The number of methoxy groups -OCH3 is 1. The molecule has 3 N–H and O–H groups in total. The third kappa shape index (κ3) is 4.25. The van der Waals surface area contributed by atoms with Crippen molar-refractivity contribution < 1.29 is 9.47 Å². The monoisotopic (exact) mass is 294 g/mol. The summed E-state index contributed by atoms with van der Waals surface area (Å²) in [5.41, 5.74) is 6.37. The van der Waals surface area contributed by atoms with Gasteiger partial charge in [0.25, 0.3) is 0 Å². The minimum Gasteiger partial charge on any atom is -0.491 e. The second kappa shape index (κ2) is 6.93. The number of nitrogens with two attached hydrogens (primary N) is 1. The van der Waals surface area contributed by atoms with Crippen LogP contribution in [0.15, 0.2) is 30.3 Å². The zero-order chi connectivity index (χ0) is 14.4. The SMILES string of the molecule is COCCOc1ccc(Nc2cc(Cl)nc(N)n2)cc1. The van der Waals surface area contributed by atoms with Crippen molar-refractivity contribution >= 4 is 29.1 Å². The first-order valence-corrected chi connectivity index (χ1v) is 6.34. The molecule has 0 saturated carbocycles. The van der Waals surface area contributed by atoms with Crippen molar-refractivity contribution in [1.29, 1.82) is 0 Å². The van der Waals surface area contributed by atoms with E-state index in [1.54, 1.807) is 13.2 Å². The van der Waals surface area contributed by atoms with Crippen LogP contribution in [0.1, 0.15) is 0 Å². The lowest BCUT2D eigenvalue weighted by atomic mass is 10.3. The molecule has 0 amide bonds. The summed E-state index contributed by atoms with van der Waals surface area (Å²) in [7, 11) is 1.63. The number of hydrogen-bond donors (Lipinski definition) is 2. The number of halogens is 1. The number of hydrogen-bond acceptors (Lipinski definition) is 6. The van der Waals surface area contributed by atoms with E-state index in [2.05, 4.69) is 15.3 Å². The van der Waals surface area contributed by atoms with Crippen LogP contribution < -0.4 is 15.8 Å². The molecule has 0 aliphatic carbocycles. The fourth-order valence-electron chi connectivity index (χ4n) is 1.52. The van der Waals surface area contributed by atoms with Crippen molar-refractivity contribution in [2.24, 2.45) is 0 Å². The van der Waals surface area contributed by atoms with Gasteiger partial charge in [-0.1, -0.05) is 11.6 Å². The van der Waals surface area contributed by atoms with Crippen molar-refractivity contribution in [2.45, 2.75) is 0 Å². The first-order valence-electron chi connectivity index (χ1n) is 5.96. The van der Waals surface area contributed by atoms with Gasteiger partial charge in [0.15, 0.2) is 0 Å². The van der Waals surface area contributed by atoms with E-state index in [1.807, 2.05) is 24.3 Å². The Morgan fingerprint density at radius 3 is 2.60 bits per heavy atom. The maximum Gasteiger partial charge on any atom is 0.223 e. The van der Waals surface area contributed by atoms with Crippen molar-refractivity contribution in [1.82, 2.24) is 9.97 Å². The molecule has 2 aromatic rings. The topological polar surface area (TPSA) is 82.3 Å². The Morgan fingerprint density at radius 1 is 1.20 bits per heavy atom. The van der Waals surface area contributed by atoms with Gasteiger partial charge in [-0.25, -0.2) is 4.98 Å². The Kier molecular flexibility index (Phi) is 4.97. The summed E-state index contributed by atoms with van der Waals surface area (Å²) in [5.74, 6) is 1.43. The van der Waals surface area contributed by atoms with Crippen LogP contribution in [0.3, 0.4) is 0 Å². The van der Waals surface area contributed by atoms with Crippen LogP contribution in [0.2, 0.25) is 5.15 Å². The fraction of sp³-hybridized carbons (Fsp3) is 0.231. The van der Waals surface area contributed by atoms with E-state index in [-0.39, 0.29) is 5.95 Å². The van der Waals surface area contributed by atoms with Gasteiger partial charge in [0.2, 0.25) is 5.95 Å². The number of nitrogens with zero attached hydrogens (tertiary/aromatic N) is 2. The molecule has 6 nitrogen and oxygen atoms in total. The van der Waals surface area contributed by atoms with Crippen molar-refractivity contribution in [3.05, 3.63) is 35.5 Å². The first-order chi connectivity index (χ1) is 9.67. The third-order valence-electron chi connectivity index (χ3n) is 2.40. The van der Waals surface area contributed by atoms with Gasteiger partial charge in [0, 0.05) is 18.9 Å². The maximum atomic E-state index is 5.81. The van der Waals surface area contributed by atoms with Gasteiger partial charge in [-0.3, -0.25) is 0 Å². The van der Waals surface area contributed by atoms with Crippen molar-refractivity contribution in [3.8, 4) is 5.75 Å². The lowest BCUT2D eigenvalue weighted by Gasteiger charge is -2.08. The molecular weight excluding hydrogens is 280 g/mol. The molecule has 1 heterocycles. The quantitative estimate of drug-likeness (QED) is 0.629. The van der Waals surface area contributed by atoms with Crippen LogP contribution in [-0.2, 0) is 4.74 Å². The smallest absolute Gasteiger partial charge is 0.223 e. The predicted molar refractivity (Wildman–Crippen MR) is 78.6 cm³/mol. The lowest BCUT2D eigenvalue weighted by Crippen LogP contribution is -2.04. The Balaban J connectivity index is 1.99. The molecule has 0 spiro atoms. The van der Waals surface area contributed by atoms with Gasteiger partial charge in [-0.2, -0.15) is 4.98 Å². The van der Waals surface area contributed by atoms with E-state index >= 15 is 0 Å². The minimum atomic E-state index is 0.125. The van der Waals surface area contributed by atoms with E-state index in [4.69, 9.17) is 26.8 Å². The highest BCUT2D eigenvalue weighted by Gasteiger charge is 2.01. The number of nitrogens with one attached hydrogen (secondary N) is 1. The minimum absolute atomic E-state index is 0.125. The van der Waals surface area contributed by atoms with E-state index in [9.17, 15) is 0 Å². The van der Waals surface area contributed by atoms with Crippen LogP contribution in [-0.4, -0.2) is 30.3 Å². The summed E-state index contributed by atoms with van der Waals surface area (Å²) in [5, 5.41) is 3.38. The van der Waals surface area contributed by atoms with Crippen LogP contribution in [0.25, 0.3) is 0 Å². The van der Waals surface area contributed by atoms with E-state index in [1.165, 1.54) is 0 Å². The second-order valence-electron chi connectivity index (χ2n) is 3.92. The molecule has 0 saturated heterocycles. The van der Waals surface area contributed by atoms with Gasteiger partial charge in [0.1, 0.15) is 23.3 Å². The lowest BCUT2D eigenvalue weighted by molar-refractivity contribution is 0.146. The molecule has 0 unspecified atom stereocenters. The van der Waals surface area contributed by atoms with Gasteiger partial charge in [-0.05, 0) is 24.3 Å². The molecule has 1 aromatic carbocycles. The van der Waals surface area contributed by atoms with Gasteiger partial charge < -0.3 is 20.5 Å². The standard InChI is InChI=1S/C13H15ClN4O2/c1-19-6-7-20-10-4-2-9(3-5-10)16-12-8-11(14)17-13(15)18-12/h2-5,8H,6-7H2,1H3,(H3,15,16,17,18). The summed E-state index contributed by atoms with van der Waals surface area (Å²) in [4.78, 5) is 7.83. The Morgan fingerprint density at radius 2 is 1.95 bits per heavy atom. The molecule has 7 heteroatoms. The molecule has 106 valence electrons. The number of anilines is 3. The number of ether oxygens (including phenoxy) is 2. The molecule has 1 aromatic heterocycles. The molecule has 0 atom stereocenters. The number of aromatic nitrogens is 2. The Hall–Kier alpha value is -2.05. The number of nitrogen functional groups attached to an aromatic ring is 1. The Bertz CT molecular complexity index is 543. The van der Waals surface area contributed by atoms with Crippen LogP contribution in [0.5, 0.6) is 5.75 Å². The molecule has 2 rings (SSSR count). The van der Waals surface area contributed by atoms with Crippen LogP contribution >= 0.6 is 11.6 Å². The zero-order valence-electron chi connectivity index (χ0n) is 11.0. The molecular formula is C13H15ClN4O2. The maximum absolute atomic E-state index is 5.81. The molecule has 0 bridgehead atoms. The molecule has 0 fully saturated rings. The fourth-order valence-corrected chi connectivity index (χ4v) is 1.71. The van der Waals surface area contributed by atoms with Crippen LogP contribution in [0.4, 0.5) is 17.5 Å². The zero-order valence-corrected chi connectivity index (χ0v) is 11.7. The number of rotatable bonds is 6. The van der Waals surface area contributed by atoms with Crippen molar-refractivity contribution in [2.75, 3.05) is 31.4 Å². The van der Waals surface area contributed by atoms with Crippen molar-refractivity contribution in [3.63, 3.8) is 0 Å². The average molecular weight is 295 g/mol. The van der Waals surface area contributed by atoms with E-state index in [0.29, 0.717) is 24.2 Å². The highest BCUT2D eigenvalue weighted by atomic mass is 35.5. The summed E-state index contributed by atoms with van der Waals surface area (Å²) in [6.07, 6.45) is 0. The predicted octanol–water partition coefficient (Wildman–Crippen LogP) is 2.48. The Labute approximate surface area is 121 Å². The largest absolute Gasteiger partial charge is 0.491 e. The summed E-state index contributed by atoms with van der Waals surface area (Å²) >= 11 is 5.81. The summed E-state index contributed by atoms with van der Waals surface area (Å²) in [6.45, 7) is 1.07. The molecule has 20 heavy (non-hydrogen) atoms. The number of benzene rings is 1. The highest BCUT2D eigenvalue weighted by Crippen LogP contribution is 2.20.